The Morgan fingerprint density at radius 2 is 1.67 bits per heavy atom. The molecule has 0 aliphatic carbocycles. The lowest BCUT2D eigenvalue weighted by Gasteiger charge is -2.16. The van der Waals surface area contributed by atoms with E-state index in [0.717, 1.165) is 32.0 Å². The lowest BCUT2D eigenvalue weighted by molar-refractivity contribution is 0.319. The molecule has 0 bridgehead atoms. The Bertz CT molecular complexity index is 316. The number of nitrogens with zero attached hydrogens (tertiary/aromatic N) is 1. The third-order valence-electron chi connectivity index (χ3n) is 3.11. The first-order valence-electron chi connectivity index (χ1n) is 7.08. The summed E-state index contributed by atoms with van der Waals surface area (Å²) >= 11 is 0. The molecule has 0 aliphatic heterocycles. The Labute approximate surface area is 112 Å². The summed E-state index contributed by atoms with van der Waals surface area (Å²) in [6.45, 7) is 7.49. The molecule has 2 heteroatoms. The SMILES string of the molecule is CC(C)Cc1ccc(CN(C)CCCCN)cc1. The molecule has 0 saturated carbocycles. The number of hydrogen-bond acceptors (Lipinski definition) is 2. The Morgan fingerprint density at radius 3 is 2.22 bits per heavy atom. The maximum Gasteiger partial charge on any atom is 0.0230 e. The van der Waals surface area contributed by atoms with E-state index in [4.69, 9.17) is 5.73 Å². The fraction of sp³-hybridized carbons (Fsp3) is 0.625. The maximum atomic E-state index is 5.51. The van der Waals surface area contributed by atoms with E-state index in [1.807, 2.05) is 0 Å². The summed E-state index contributed by atoms with van der Waals surface area (Å²) < 4.78 is 0. The number of unbranched alkanes of at least 4 members (excludes halogenated alkanes) is 1. The number of benzene rings is 1. The van der Waals surface area contributed by atoms with Crippen LogP contribution in [0, 0.1) is 5.92 Å². The molecule has 0 amide bonds. The van der Waals surface area contributed by atoms with Gasteiger partial charge in [0.2, 0.25) is 0 Å². The van der Waals surface area contributed by atoms with Gasteiger partial charge in [0.15, 0.2) is 0 Å². The number of nitrogens with two attached hydrogens (primary N) is 1. The molecule has 102 valence electrons. The van der Waals surface area contributed by atoms with Gasteiger partial charge in [-0.25, -0.2) is 0 Å². The van der Waals surface area contributed by atoms with Gasteiger partial charge < -0.3 is 10.6 Å². The monoisotopic (exact) mass is 248 g/mol. The molecule has 0 atom stereocenters. The quantitative estimate of drug-likeness (QED) is 0.716. The zero-order valence-electron chi connectivity index (χ0n) is 12.2. The summed E-state index contributed by atoms with van der Waals surface area (Å²) in [5, 5.41) is 0. The molecule has 0 unspecified atom stereocenters. The van der Waals surface area contributed by atoms with Crippen LogP contribution in [0.5, 0.6) is 0 Å². The Morgan fingerprint density at radius 1 is 1.06 bits per heavy atom. The summed E-state index contributed by atoms with van der Waals surface area (Å²) in [6.07, 6.45) is 3.49. The van der Waals surface area contributed by atoms with Crippen molar-refractivity contribution in [3.05, 3.63) is 35.4 Å². The van der Waals surface area contributed by atoms with E-state index in [2.05, 4.69) is 50.1 Å². The van der Waals surface area contributed by atoms with E-state index < -0.39 is 0 Å². The van der Waals surface area contributed by atoms with E-state index in [-0.39, 0.29) is 0 Å². The summed E-state index contributed by atoms with van der Waals surface area (Å²) in [5.74, 6) is 0.731. The molecular formula is C16H28N2. The minimum Gasteiger partial charge on any atom is -0.330 e. The average Bonchev–Trinajstić information content (AvgIpc) is 2.31. The van der Waals surface area contributed by atoms with Crippen molar-refractivity contribution in [1.82, 2.24) is 4.90 Å². The molecule has 0 heterocycles. The van der Waals surface area contributed by atoms with Crippen molar-refractivity contribution >= 4 is 0 Å². The zero-order valence-corrected chi connectivity index (χ0v) is 12.2. The molecule has 0 fully saturated rings. The van der Waals surface area contributed by atoms with Gasteiger partial charge in [-0.2, -0.15) is 0 Å². The molecule has 0 radical (unpaired) electrons. The summed E-state index contributed by atoms with van der Waals surface area (Å²) in [4.78, 5) is 2.37. The van der Waals surface area contributed by atoms with Gasteiger partial charge in [0, 0.05) is 6.54 Å². The molecular weight excluding hydrogens is 220 g/mol. The molecule has 2 N–H and O–H groups in total. The van der Waals surface area contributed by atoms with Crippen LogP contribution < -0.4 is 5.73 Å². The Balaban J connectivity index is 2.38. The first-order chi connectivity index (χ1) is 8.61. The standard InChI is InChI=1S/C16H28N2/c1-14(2)12-15-6-8-16(9-7-15)13-18(3)11-5-4-10-17/h6-9,14H,4-5,10-13,17H2,1-3H3. The lowest BCUT2D eigenvalue weighted by atomic mass is 10.0. The number of hydrogen-bond donors (Lipinski definition) is 1. The van der Waals surface area contributed by atoms with Crippen LogP contribution in [0.3, 0.4) is 0 Å². The van der Waals surface area contributed by atoms with Crippen molar-refractivity contribution in [2.24, 2.45) is 11.7 Å². The van der Waals surface area contributed by atoms with Crippen molar-refractivity contribution in [2.45, 2.75) is 39.7 Å². The van der Waals surface area contributed by atoms with Crippen LogP contribution in [0.1, 0.15) is 37.8 Å². The molecule has 1 aromatic rings. The van der Waals surface area contributed by atoms with Crippen LogP contribution in [0.25, 0.3) is 0 Å². The molecule has 0 aromatic heterocycles. The van der Waals surface area contributed by atoms with Crippen LogP contribution in [0.15, 0.2) is 24.3 Å². The van der Waals surface area contributed by atoms with Crippen molar-refractivity contribution in [2.75, 3.05) is 20.1 Å². The zero-order chi connectivity index (χ0) is 13.4. The molecule has 1 rings (SSSR count). The highest BCUT2D eigenvalue weighted by Crippen LogP contribution is 2.11. The second-order valence-corrected chi connectivity index (χ2v) is 5.65. The van der Waals surface area contributed by atoms with Gasteiger partial charge >= 0.3 is 0 Å². The van der Waals surface area contributed by atoms with Gasteiger partial charge in [0.05, 0.1) is 0 Å². The largest absolute Gasteiger partial charge is 0.330 e. The Hall–Kier alpha value is -0.860. The highest BCUT2D eigenvalue weighted by molar-refractivity contribution is 5.22. The van der Waals surface area contributed by atoms with Gasteiger partial charge in [-0.3, -0.25) is 0 Å². The van der Waals surface area contributed by atoms with Crippen LogP contribution >= 0.6 is 0 Å². The predicted octanol–water partition coefficient (Wildman–Crippen LogP) is 3.06. The number of rotatable bonds is 8. The smallest absolute Gasteiger partial charge is 0.0230 e. The van der Waals surface area contributed by atoms with Crippen molar-refractivity contribution in [1.29, 1.82) is 0 Å². The summed E-state index contributed by atoms with van der Waals surface area (Å²) in [6, 6.07) is 9.06. The molecule has 2 nitrogen and oxygen atoms in total. The second-order valence-electron chi connectivity index (χ2n) is 5.65. The van der Waals surface area contributed by atoms with Gasteiger partial charge in [-0.05, 0) is 56.4 Å². The van der Waals surface area contributed by atoms with Crippen molar-refractivity contribution in [3.63, 3.8) is 0 Å². The Kier molecular flexibility index (Phi) is 6.99. The first kappa shape index (κ1) is 15.2. The first-order valence-corrected chi connectivity index (χ1v) is 7.08. The van der Waals surface area contributed by atoms with E-state index in [1.165, 1.54) is 24.0 Å². The van der Waals surface area contributed by atoms with E-state index >= 15 is 0 Å². The third-order valence-corrected chi connectivity index (χ3v) is 3.11. The van der Waals surface area contributed by atoms with Gasteiger partial charge in [0.1, 0.15) is 0 Å². The molecule has 0 aliphatic rings. The van der Waals surface area contributed by atoms with Crippen LogP contribution in [-0.2, 0) is 13.0 Å². The van der Waals surface area contributed by atoms with E-state index in [9.17, 15) is 0 Å². The highest BCUT2D eigenvalue weighted by atomic mass is 15.1. The predicted molar refractivity (Wildman–Crippen MR) is 79.6 cm³/mol. The fourth-order valence-electron chi connectivity index (χ4n) is 2.17. The van der Waals surface area contributed by atoms with Gasteiger partial charge in [-0.1, -0.05) is 38.1 Å². The molecule has 1 aromatic carbocycles. The maximum absolute atomic E-state index is 5.51. The van der Waals surface area contributed by atoms with Crippen molar-refractivity contribution in [3.8, 4) is 0 Å². The van der Waals surface area contributed by atoms with Crippen molar-refractivity contribution < 1.29 is 0 Å². The lowest BCUT2D eigenvalue weighted by Crippen LogP contribution is -2.19. The average molecular weight is 248 g/mol. The van der Waals surface area contributed by atoms with Crippen LogP contribution in [0.4, 0.5) is 0 Å². The minimum atomic E-state index is 0.731. The fourth-order valence-corrected chi connectivity index (χ4v) is 2.17. The van der Waals surface area contributed by atoms with Gasteiger partial charge in [-0.15, -0.1) is 0 Å². The summed E-state index contributed by atoms with van der Waals surface area (Å²) in [7, 11) is 2.18. The third kappa shape index (κ3) is 6.18. The topological polar surface area (TPSA) is 29.3 Å². The van der Waals surface area contributed by atoms with E-state index in [0.29, 0.717) is 0 Å². The van der Waals surface area contributed by atoms with E-state index in [1.54, 1.807) is 0 Å². The van der Waals surface area contributed by atoms with Gasteiger partial charge in [0.25, 0.3) is 0 Å². The van der Waals surface area contributed by atoms with Crippen LogP contribution in [0.2, 0.25) is 0 Å². The van der Waals surface area contributed by atoms with Crippen LogP contribution in [-0.4, -0.2) is 25.0 Å². The minimum absolute atomic E-state index is 0.731. The summed E-state index contributed by atoms with van der Waals surface area (Å²) in [5.41, 5.74) is 8.35. The highest BCUT2D eigenvalue weighted by Gasteiger charge is 2.01. The molecule has 0 saturated heterocycles. The molecule has 0 spiro atoms. The second kappa shape index (κ2) is 8.28. The molecule has 18 heavy (non-hydrogen) atoms. The normalized spacial score (nSPS) is 11.4.